The third kappa shape index (κ3) is 9.39. The van der Waals surface area contributed by atoms with Gasteiger partial charge in [-0.05, 0) is 90.6 Å². The number of aryl methyl sites for hydroxylation is 3. The van der Waals surface area contributed by atoms with Gasteiger partial charge >= 0.3 is 0 Å². The van der Waals surface area contributed by atoms with Gasteiger partial charge in [-0.3, -0.25) is 9.98 Å². The molecule has 0 aromatic heterocycles. The zero-order chi connectivity index (χ0) is 27.0. The fourth-order valence-corrected chi connectivity index (χ4v) is 4.99. The Morgan fingerprint density at radius 1 is 0.632 bits per heavy atom. The number of benzene rings is 3. The molecule has 0 bridgehead atoms. The van der Waals surface area contributed by atoms with Crippen molar-refractivity contribution in [1.82, 2.24) is 0 Å². The Morgan fingerprint density at radius 3 is 2.05 bits per heavy atom. The highest BCUT2D eigenvalue weighted by atomic mass is 14.8. The molecule has 0 aliphatic carbocycles. The van der Waals surface area contributed by atoms with Crippen LogP contribution in [0.3, 0.4) is 0 Å². The smallest absolute Gasteiger partial charge is 0.0636 e. The van der Waals surface area contributed by atoms with E-state index in [4.69, 9.17) is 9.98 Å². The van der Waals surface area contributed by atoms with E-state index < -0.39 is 0 Å². The van der Waals surface area contributed by atoms with Gasteiger partial charge in [-0.25, -0.2) is 0 Å². The van der Waals surface area contributed by atoms with Gasteiger partial charge in [0.05, 0.1) is 17.1 Å². The Kier molecular flexibility index (Phi) is 13.0. The standard InChI is InChI=1S/C36H48N2/c1-5-9-11-12-13-15-21-32-26-35(25-22-29(32)7-3)38-33(8-4)28-37-34-24-23-31(18-10-6-2)36(27-34)30-19-16-14-17-20-30/h14,16-17,19-20,22-28H,5-13,15,18,21H2,1-4H3. The van der Waals surface area contributed by atoms with Crippen molar-refractivity contribution in [3.8, 4) is 11.1 Å². The van der Waals surface area contributed by atoms with Crippen LogP contribution >= 0.6 is 0 Å². The Balaban J connectivity index is 1.77. The summed E-state index contributed by atoms with van der Waals surface area (Å²) in [5.74, 6) is 0. The van der Waals surface area contributed by atoms with Crippen molar-refractivity contribution in [3.05, 3.63) is 83.4 Å². The summed E-state index contributed by atoms with van der Waals surface area (Å²) in [4.78, 5) is 9.87. The first-order valence-corrected chi connectivity index (χ1v) is 15.1. The van der Waals surface area contributed by atoms with Crippen LogP contribution in [-0.4, -0.2) is 11.9 Å². The maximum Gasteiger partial charge on any atom is 0.0636 e. The molecule has 0 radical (unpaired) electrons. The van der Waals surface area contributed by atoms with Crippen molar-refractivity contribution < 1.29 is 0 Å². The molecular weight excluding hydrogens is 460 g/mol. The molecule has 0 spiro atoms. The topological polar surface area (TPSA) is 24.7 Å². The van der Waals surface area contributed by atoms with Crippen LogP contribution in [0.15, 0.2) is 76.7 Å². The second-order valence-electron chi connectivity index (χ2n) is 10.4. The summed E-state index contributed by atoms with van der Waals surface area (Å²) in [7, 11) is 0. The van der Waals surface area contributed by atoms with Crippen LogP contribution in [-0.2, 0) is 19.3 Å². The first kappa shape index (κ1) is 29.6. The molecule has 0 N–H and O–H groups in total. The molecule has 0 amide bonds. The molecular formula is C36H48N2. The first-order chi connectivity index (χ1) is 18.7. The highest BCUT2D eigenvalue weighted by molar-refractivity contribution is 6.31. The summed E-state index contributed by atoms with van der Waals surface area (Å²) >= 11 is 0. The molecule has 2 heteroatoms. The summed E-state index contributed by atoms with van der Waals surface area (Å²) in [5, 5.41) is 0. The van der Waals surface area contributed by atoms with Crippen LogP contribution in [0.5, 0.6) is 0 Å². The minimum Gasteiger partial charge on any atom is -0.255 e. The molecule has 38 heavy (non-hydrogen) atoms. The Hall–Kier alpha value is -3.00. The van der Waals surface area contributed by atoms with Gasteiger partial charge in [0.15, 0.2) is 0 Å². The van der Waals surface area contributed by atoms with Gasteiger partial charge < -0.3 is 0 Å². The average molecular weight is 509 g/mol. The van der Waals surface area contributed by atoms with Crippen LogP contribution in [0, 0.1) is 0 Å². The van der Waals surface area contributed by atoms with Crippen molar-refractivity contribution in [1.29, 1.82) is 0 Å². The lowest BCUT2D eigenvalue weighted by Crippen LogP contribution is -1.98. The first-order valence-electron chi connectivity index (χ1n) is 15.1. The minimum absolute atomic E-state index is 0.853. The maximum absolute atomic E-state index is 5.00. The Bertz CT molecular complexity index is 1160. The predicted octanol–water partition coefficient (Wildman–Crippen LogP) is 11.0. The Labute approximate surface area is 232 Å². The number of unbranched alkanes of at least 4 members (excludes halogenated alkanes) is 6. The van der Waals surface area contributed by atoms with Gasteiger partial charge in [-0.1, -0.05) is 109 Å². The van der Waals surface area contributed by atoms with Crippen molar-refractivity contribution >= 4 is 23.3 Å². The summed E-state index contributed by atoms with van der Waals surface area (Å²) in [6, 6.07) is 24.1. The Morgan fingerprint density at radius 2 is 1.32 bits per heavy atom. The molecule has 0 aliphatic rings. The van der Waals surface area contributed by atoms with Crippen LogP contribution in [0.2, 0.25) is 0 Å². The van der Waals surface area contributed by atoms with Crippen molar-refractivity contribution in [2.24, 2.45) is 9.98 Å². The highest BCUT2D eigenvalue weighted by Gasteiger charge is 2.07. The van der Waals surface area contributed by atoms with Crippen LogP contribution in [0.25, 0.3) is 11.1 Å². The minimum atomic E-state index is 0.853. The summed E-state index contributed by atoms with van der Waals surface area (Å²) < 4.78 is 0. The summed E-state index contributed by atoms with van der Waals surface area (Å²) in [6.45, 7) is 8.94. The van der Waals surface area contributed by atoms with Crippen LogP contribution < -0.4 is 0 Å². The number of aliphatic imine (C=N–C) groups is 2. The van der Waals surface area contributed by atoms with Crippen LogP contribution in [0.4, 0.5) is 11.4 Å². The molecule has 3 aromatic carbocycles. The van der Waals surface area contributed by atoms with Crippen molar-refractivity contribution in [2.45, 2.75) is 105 Å². The molecule has 2 nitrogen and oxygen atoms in total. The normalized spacial score (nSPS) is 11.9. The molecule has 0 aliphatic heterocycles. The quantitative estimate of drug-likeness (QED) is 0.136. The van der Waals surface area contributed by atoms with E-state index >= 15 is 0 Å². The van der Waals surface area contributed by atoms with Gasteiger partial charge in [-0.15, -0.1) is 0 Å². The zero-order valence-electron chi connectivity index (χ0n) is 24.3. The second kappa shape index (κ2) is 16.8. The molecule has 3 aromatic rings. The largest absolute Gasteiger partial charge is 0.255 e. The van der Waals surface area contributed by atoms with E-state index in [0.717, 1.165) is 42.8 Å². The number of hydrogen-bond donors (Lipinski definition) is 0. The number of rotatable bonds is 16. The average Bonchev–Trinajstić information content (AvgIpc) is 2.96. The van der Waals surface area contributed by atoms with Gasteiger partial charge in [0.25, 0.3) is 0 Å². The lowest BCUT2D eigenvalue weighted by atomic mass is 9.95. The molecule has 3 rings (SSSR count). The van der Waals surface area contributed by atoms with E-state index in [9.17, 15) is 0 Å². The maximum atomic E-state index is 5.00. The second-order valence-corrected chi connectivity index (χ2v) is 10.4. The third-order valence-corrected chi connectivity index (χ3v) is 7.35. The molecule has 202 valence electrons. The van der Waals surface area contributed by atoms with Gasteiger partial charge in [0, 0.05) is 6.21 Å². The van der Waals surface area contributed by atoms with Crippen LogP contribution in [0.1, 0.15) is 102 Å². The SMILES string of the molecule is CCCCCCCCc1cc(N=C(C=Nc2ccc(CCCC)c(-c3ccccc3)c2)CC)ccc1CC. The molecule has 0 saturated heterocycles. The summed E-state index contributed by atoms with van der Waals surface area (Å²) in [6.07, 6.45) is 16.5. The predicted molar refractivity (Wildman–Crippen MR) is 169 cm³/mol. The van der Waals surface area contributed by atoms with Crippen molar-refractivity contribution in [2.75, 3.05) is 0 Å². The lowest BCUT2D eigenvalue weighted by Gasteiger charge is -2.11. The van der Waals surface area contributed by atoms with E-state index in [2.05, 4.69) is 94.4 Å². The van der Waals surface area contributed by atoms with E-state index in [-0.39, 0.29) is 0 Å². The van der Waals surface area contributed by atoms with Gasteiger partial charge in [-0.2, -0.15) is 0 Å². The highest BCUT2D eigenvalue weighted by Crippen LogP contribution is 2.29. The third-order valence-electron chi connectivity index (χ3n) is 7.35. The van der Waals surface area contributed by atoms with Gasteiger partial charge in [0.1, 0.15) is 0 Å². The van der Waals surface area contributed by atoms with Gasteiger partial charge in [0.2, 0.25) is 0 Å². The fraction of sp³-hybridized carbons (Fsp3) is 0.444. The molecule has 0 atom stereocenters. The number of nitrogens with zero attached hydrogens (tertiary/aromatic N) is 2. The van der Waals surface area contributed by atoms with E-state index in [1.807, 2.05) is 6.21 Å². The zero-order valence-corrected chi connectivity index (χ0v) is 24.3. The fourth-order valence-electron chi connectivity index (χ4n) is 4.99. The summed E-state index contributed by atoms with van der Waals surface area (Å²) in [5.41, 5.74) is 9.91. The molecule has 0 unspecified atom stereocenters. The molecule has 0 saturated carbocycles. The number of hydrogen-bond acceptors (Lipinski definition) is 2. The van der Waals surface area contributed by atoms with Crippen molar-refractivity contribution in [3.63, 3.8) is 0 Å². The van der Waals surface area contributed by atoms with E-state index in [1.54, 1.807) is 0 Å². The lowest BCUT2D eigenvalue weighted by molar-refractivity contribution is 0.606. The molecule has 0 fully saturated rings. The van der Waals surface area contributed by atoms with E-state index in [1.165, 1.54) is 79.2 Å². The van der Waals surface area contributed by atoms with E-state index in [0.29, 0.717) is 0 Å². The molecule has 0 heterocycles. The monoisotopic (exact) mass is 508 g/mol.